The van der Waals surface area contributed by atoms with Gasteiger partial charge in [-0.25, -0.2) is 4.79 Å². The molecule has 0 heterocycles. The number of fused-ring (bicyclic) bond motifs is 3. The Balaban J connectivity index is 1.77. The first-order valence-electron chi connectivity index (χ1n) is 9.03. The zero-order chi connectivity index (χ0) is 14.8. The summed E-state index contributed by atoms with van der Waals surface area (Å²) < 4.78 is 5.87. The number of hydrogen-bond acceptors (Lipinski definition) is 2. The summed E-state index contributed by atoms with van der Waals surface area (Å²) in [5.41, 5.74) is 0.547. The molecule has 0 aromatic carbocycles. The first kappa shape index (κ1) is 15.1. The summed E-state index contributed by atoms with van der Waals surface area (Å²) in [5, 5.41) is 0. The number of rotatable bonds is 2. The van der Waals surface area contributed by atoms with Gasteiger partial charge in [-0.3, -0.25) is 0 Å². The third kappa shape index (κ3) is 3.19. The van der Waals surface area contributed by atoms with Gasteiger partial charge in [0, 0.05) is 11.5 Å². The zero-order valence-corrected chi connectivity index (χ0v) is 13.5. The zero-order valence-electron chi connectivity index (χ0n) is 13.5. The van der Waals surface area contributed by atoms with E-state index in [1.54, 1.807) is 6.92 Å². The molecule has 3 aliphatic carbocycles. The smallest absolute Gasteiger partial charge is 0.333 e. The van der Waals surface area contributed by atoms with Crippen LogP contribution in [0.15, 0.2) is 12.2 Å². The van der Waals surface area contributed by atoms with Crippen LogP contribution >= 0.6 is 0 Å². The molecule has 0 saturated heterocycles. The van der Waals surface area contributed by atoms with E-state index in [0.717, 1.165) is 24.2 Å². The van der Waals surface area contributed by atoms with E-state index in [1.807, 2.05) is 0 Å². The van der Waals surface area contributed by atoms with Crippen LogP contribution in [-0.2, 0) is 9.53 Å². The van der Waals surface area contributed by atoms with E-state index in [4.69, 9.17) is 4.74 Å². The van der Waals surface area contributed by atoms with Crippen LogP contribution in [-0.4, -0.2) is 12.1 Å². The van der Waals surface area contributed by atoms with Crippen LogP contribution in [0.2, 0.25) is 0 Å². The van der Waals surface area contributed by atoms with Crippen molar-refractivity contribution in [3.63, 3.8) is 0 Å². The molecule has 3 rings (SSSR count). The molecule has 118 valence electrons. The van der Waals surface area contributed by atoms with E-state index in [9.17, 15) is 4.79 Å². The average molecular weight is 290 g/mol. The van der Waals surface area contributed by atoms with Gasteiger partial charge in [0.2, 0.25) is 0 Å². The van der Waals surface area contributed by atoms with Crippen molar-refractivity contribution in [2.24, 2.45) is 23.7 Å². The van der Waals surface area contributed by atoms with Crippen molar-refractivity contribution in [3.05, 3.63) is 12.2 Å². The van der Waals surface area contributed by atoms with Gasteiger partial charge in [0.05, 0.1) is 0 Å². The topological polar surface area (TPSA) is 26.3 Å². The highest BCUT2D eigenvalue weighted by Gasteiger charge is 2.46. The molecule has 0 amide bonds. The summed E-state index contributed by atoms with van der Waals surface area (Å²) in [6, 6.07) is 0. The normalized spacial score (nSPS) is 39.6. The van der Waals surface area contributed by atoms with Crippen LogP contribution in [0.4, 0.5) is 0 Å². The minimum atomic E-state index is -0.170. The van der Waals surface area contributed by atoms with Crippen LogP contribution in [0.5, 0.6) is 0 Å². The minimum Gasteiger partial charge on any atom is -0.459 e. The van der Waals surface area contributed by atoms with E-state index in [-0.39, 0.29) is 12.1 Å². The van der Waals surface area contributed by atoms with Gasteiger partial charge in [-0.2, -0.15) is 0 Å². The fraction of sp³-hybridized carbons (Fsp3) is 0.842. The highest BCUT2D eigenvalue weighted by Crippen LogP contribution is 2.51. The average Bonchev–Trinajstić information content (AvgIpc) is 2.72. The van der Waals surface area contributed by atoms with Gasteiger partial charge in [0.15, 0.2) is 0 Å². The molecule has 5 atom stereocenters. The first-order valence-corrected chi connectivity index (χ1v) is 9.03. The molecule has 0 N–H and O–H groups in total. The Morgan fingerprint density at radius 1 is 0.905 bits per heavy atom. The van der Waals surface area contributed by atoms with Gasteiger partial charge in [0.25, 0.3) is 0 Å². The fourth-order valence-corrected chi connectivity index (χ4v) is 5.31. The van der Waals surface area contributed by atoms with Crippen molar-refractivity contribution in [1.82, 2.24) is 0 Å². The van der Waals surface area contributed by atoms with Gasteiger partial charge in [-0.1, -0.05) is 32.3 Å². The van der Waals surface area contributed by atoms with Crippen molar-refractivity contribution in [3.8, 4) is 0 Å². The van der Waals surface area contributed by atoms with E-state index in [2.05, 4.69) is 6.58 Å². The summed E-state index contributed by atoms with van der Waals surface area (Å²) in [6.07, 6.45) is 13.6. The molecule has 2 nitrogen and oxygen atoms in total. The Labute approximate surface area is 129 Å². The van der Waals surface area contributed by atoms with Crippen molar-refractivity contribution in [2.45, 2.75) is 77.2 Å². The summed E-state index contributed by atoms with van der Waals surface area (Å²) in [7, 11) is 0. The maximum atomic E-state index is 12.0. The summed E-state index contributed by atoms with van der Waals surface area (Å²) in [5.74, 6) is 2.99. The second-order valence-corrected chi connectivity index (χ2v) is 7.63. The maximum Gasteiger partial charge on any atom is 0.333 e. The summed E-state index contributed by atoms with van der Waals surface area (Å²) in [6.45, 7) is 5.51. The number of hydrogen-bond donors (Lipinski definition) is 0. The van der Waals surface area contributed by atoms with Crippen LogP contribution in [0, 0.1) is 23.7 Å². The Morgan fingerprint density at radius 3 is 2.43 bits per heavy atom. The quantitative estimate of drug-likeness (QED) is 0.535. The Bertz CT molecular complexity index is 400. The molecule has 21 heavy (non-hydrogen) atoms. The Hall–Kier alpha value is -0.790. The first-order chi connectivity index (χ1) is 10.2. The number of carbonyl (C=O) groups is 1. The lowest BCUT2D eigenvalue weighted by molar-refractivity contribution is -0.155. The van der Waals surface area contributed by atoms with Crippen molar-refractivity contribution in [1.29, 1.82) is 0 Å². The Kier molecular flexibility index (Phi) is 4.71. The number of esters is 1. The minimum absolute atomic E-state index is 0.166. The lowest BCUT2D eigenvalue weighted by atomic mass is 9.59. The van der Waals surface area contributed by atoms with Crippen molar-refractivity contribution >= 4 is 5.97 Å². The predicted molar refractivity (Wildman–Crippen MR) is 84.8 cm³/mol. The van der Waals surface area contributed by atoms with Crippen molar-refractivity contribution in [2.75, 3.05) is 0 Å². The number of carbonyl (C=O) groups excluding carboxylic acids is 1. The second-order valence-electron chi connectivity index (χ2n) is 7.63. The molecule has 5 unspecified atom stereocenters. The molecule has 3 saturated carbocycles. The molecule has 0 bridgehead atoms. The highest BCUT2D eigenvalue weighted by atomic mass is 16.5. The van der Waals surface area contributed by atoms with E-state index in [0.29, 0.717) is 11.5 Å². The molecular weight excluding hydrogens is 260 g/mol. The largest absolute Gasteiger partial charge is 0.459 e. The molecule has 0 aliphatic heterocycles. The van der Waals surface area contributed by atoms with Crippen LogP contribution in [0.3, 0.4) is 0 Å². The highest BCUT2D eigenvalue weighted by molar-refractivity contribution is 5.87. The molecule has 3 aliphatic rings. The Morgan fingerprint density at radius 2 is 1.62 bits per heavy atom. The molecule has 0 radical (unpaired) electrons. The third-order valence-corrected chi connectivity index (χ3v) is 6.26. The monoisotopic (exact) mass is 290 g/mol. The summed E-state index contributed by atoms with van der Waals surface area (Å²) in [4.78, 5) is 12.0. The molecule has 0 spiro atoms. The van der Waals surface area contributed by atoms with Gasteiger partial charge in [-0.15, -0.1) is 0 Å². The van der Waals surface area contributed by atoms with E-state index >= 15 is 0 Å². The SMILES string of the molecule is C=C(C)C(=O)OC1CCCC2CCC3CCCCCC3C21. The van der Waals surface area contributed by atoms with E-state index in [1.165, 1.54) is 57.8 Å². The molecule has 0 aromatic rings. The maximum absolute atomic E-state index is 12.0. The van der Waals surface area contributed by atoms with E-state index < -0.39 is 0 Å². The standard InChI is InChI=1S/C19H30O2/c1-13(2)19(20)21-17-10-6-8-15-12-11-14-7-4-3-5-9-16(14)18(15)17/h14-18H,1,3-12H2,2H3. The van der Waals surface area contributed by atoms with Gasteiger partial charge in [0.1, 0.15) is 6.10 Å². The number of ether oxygens (including phenoxy) is 1. The third-order valence-electron chi connectivity index (χ3n) is 6.26. The van der Waals surface area contributed by atoms with Crippen LogP contribution in [0.25, 0.3) is 0 Å². The molecule has 3 fully saturated rings. The van der Waals surface area contributed by atoms with Crippen LogP contribution < -0.4 is 0 Å². The van der Waals surface area contributed by atoms with Gasteiger partial charge >= 0.3 is 5.97 Å². The van der Waals surface area contributed by atoms with Crippen LogP contribution in [0.1, 0.15) is 71.1 Å². The second kappa shape index (κ2) is 6.54. The predicted octanol–water partition coefficient (Wildman–Crippen LogP) is 4.88. The molecular formula is C19H30O2. The molecule has 0 aromatic heterocycles. The van der Waals surface area contributed by atoms with Crippen molar-refractivity contribution < 1.29 is 9.53 Å². The summed E-state index contributed by atoms with van der Waals surface area (Å²) >= 11 is 0. The lowest BCUT2D eigenvalue weighted by Gasteiger charge is -2.48. The van der Waals surface area contributed by atoms with Gasteiger partial charge < -0.3 is 4.74 Å². The fourth-order valence-electron chi connectivity index (χ4n) is 5.31. The van der Waals surface area contributed by atoms with Gasteiger partial charge in [-0.05, 0) is 63.2 Å². The molecule has 2 heteroatoms. The lowest BCUT2D eigenvalue weighted by Crippen LogP contribution is -2.45.